The van der Waals surface area contributed by atoms with Crippen molar-refractivity contribution in [2.24, 2.45) is 0 Å². The molecule has 0 radical (unpaired) electrons. The van der Waals surface area contributed by atoms with E-state index in [1.807, 2.05) is 36.3 Å². The quantitative estimate of drug-likeness (QED) is 0.104. The van der Waals surface area contributed by atoms with Crippen LogP contribution in [0.15, 0.2) is 91.2 Å². The first-order chi connectivity index (χ1) is 22.5. The number of carbonyl (C=O) groups is 1. The fourth-order valence-corrected chi connectivity index (χ4v) is 5.55. The summed E-state index contributed by atoms with van der Waals surface area (Å²) in [5, 5.41) is 6.10. The van der Waals surface area contributed by atoms with E-state index in [2.05, 4.69) is 15.6 Å². The number of rotatable bonds is 7. The first-order valence-electron chi connectivity index (χ1n) is 14.0. The molecule has 0 spiro atoms. The SMILES string of the molecule is O=C=C1NC(c2cc(F)ccc2Cl)c2c(NC(=O)c3cc(F)cc(C(F)(F)F)c3)cc3nc(/C=C/OCc4ccccc4)ccc3c21. The van der Waals surface area contributed by atoms with Gasteiger partial charge in [-0.1, -0.05) is 41.9 Å². The molecule has 1 aliphatic rings. The van der Waals surface area contributed by atoms with Crippen LogP contribution < -0.4 is 10.6 Å². The molecule has 6 rings (SSSR count). The number of hydrogen-bond donors (Lipinski definition) is 2. The lowest BCUT2D eigenvalue weighted by molar-refractivity contribution is -0.137. The second-order valence-corrected chi connectivity index (χ2v) is 10.9. The fourth-order valence-electron chi connectivity index (χ4n) is 5.33. The summed E-state index contributed by atoms with van der Waals surface area (Å²) in [5.74, 6) is -1.14. The number of nitrogens with one attached hydrogen (secondary N) is 2. The topological polar surface area (TPSA) is 80.3 Å². The van der Waals surface area contributed by atoms with Crippen molar-refractivity contribution in [2.75, 3.05) is 5.32 Å². The van der Waals surface area contributed by atoms with Crippen molar-refractivity contribution in [3.8, 4) is 0 Å². The van der Waals surface area contributed by atoms with Gasteiger partial charge in [-0.05, 0) is 66.2 Å². The Morgan fingerprint density at radius 1 is 1.00 bits per heavy atom. The number of pyridine rings is 1. The molecular formula is C35H21ClF5N3O3. The highest BCUT2D eigenvalue weighted by Gasteiger charge is 2.36. The molecule has 1 atom stereocenters. The summed E-state index contributed by atoms with van der Waals surface area (Å²) in [4.78, 5) is 30.2. The number of alkyl halides is 3. The van der Waals surface area contributed by atoms with E-state index < -0.39 is 40.9 Å². The normalized spacial score (nSPS) is 14.2. The average molecular weight is 662 g/mol. The van der Waals surface area contributed by atoms with Crippen molar-refractivity contribution in [1.82, 2.24) is 10.3 Å². The number of fused-ring (bicyclic) bond motifs is 3. The van der Waals surface area contributed by atoms with Gasteiger partial charge in [0.2, 0.25) is 0 Å². The van der Waals surface area contributed by atoms with Crippen LogP contribution in [-0.2, 0) is 22.3 Å². The minimum Gasteiger partial charge on any atom is -0.496 e. The Morgan fingerprint density at radius 3 is 2.53 bits per heavy atom. The lowest BCUT2D eigenvalue weighted by Crippen LogP contribution is -2.18. The maximum Gasteiger partial charge on any atom is 0.416 e. The summed E-state index contributed by atoms with van der Waals surface area (Å²) < 4.78 is 74.4. The van der Waals surface area contributed by atoms with Gasteiger partial charge in [0.1, 0.15) is 23.9 Å². The maximum absolute atomic E-state index is 14.4. The van der Waals surface area contributed by atoms with Crippen molar-refractivity contribution in [1.29, 1.82) is 0 Å². The van der Waals surface area contributed by atoms with Crippen LogP contribution in [0.1, 0.15) is 49.9 Å². The van der Waals surface area contributed by atoms with Gasteiger partial charge in [0.15, 0.2) is 5.94 Å². The third kappa shape index (κ3) is 6.58. The Morgan fingerprint density at radius 2 is 1.79 bits per heavy atom. The van der Waals surface area contributed by atoms with Crippen LogP contribution in [0.25, 0.3) is 22.7 Å². The van der Waals surface area contributed by atoms with E-state index in [1.54, 1.807) is 18.2 Å². The van der Waals surface area contributed by atoms with E-state index in [0.717, 1.165) is 17.7 Å². The van der Waals surface area contributed by atoms with Gasteiger partial charge in [0.05, 0.1) is 29.1 Å². The van der Waals surface area contributed by atoms with Crippen LogP contribution in [0.5, 0.6) is 0 Å². The highest BCUT2D eigenvalue weighted by atomic mass is 35.5. The number of amides is 1. The Kier molecular flexibility index (Phi) is 8.51. The molecule has 4 aromatic carbocycles. The molecule has 6 nitrogen and oxygen atoms in total. The molecule has 0 saturated heterocycles. The smallest absolute Gasteiger partial charge is 0.416 e. The number of benzene rings is 4. The van der Waals surface area contributed by atoms with Gasteiger partial charge in [-0.15, -0.1) is 0 Å². The molecule has 12 heteroatoms. The Balaban J connectivity index is 1.46. The second kappa shape index (κ2) is 12.7. The number of ether oxygens (including phenoxy) is 1. The molecule has 1 aliphatic heterocycles. The third-order valence-electron chi connectivity index (χ3n) is 7.42. The molecule has 1 amide bonds. The summed E-state index contributed by atoms with van der Waals surface area (Å²) >= 11 is 6.42. The Hall–Kier alpha value is -5.51. The van der Waals surface area contributed by atoms with Gasteiger partial charge in [0, 0.05) is 38.4 Å². The molecular weight excluding hydrogens is 641 g/mol. The average Bonchev–Trinajstić information content (AvgIpc) is 3.44. The van der Waals surface area contributed by atoms with Crippen molar-refractivity contribution in [2.45, 2.75) is 18.8 Å². The van der Waals surface area contributed by atoms with Crippen LogP contribution >= 0.6 is 11.6 Å². The number of nitrogens with zero attached hydrogens (tertiary/aromatic N) is 1. The molecule has 2 heterocycles. The minimum atomic E-state index is -4.91. The maximum atomic E-state index is 14.4. The molecule has 0 fully saturated rings. The predicted molar refractivity (Wildman–Crippen MR) is 167 cm³/mol. The molecule has 0 aliphatic carbocycles. The van der Waals surface area contributed by atoms with Crippen molar-refractivity contribution in [3.63, 3.8) is 0 Å². The van der Waals surface area contributed by atoms with Crippen molar-refractivity contribution < 1.29 is 36.3 Å². The molecule has 0 bridgehead atoms. The standard InChI is InChI=1S/C35H21ClF5N3O3/c36-27-9-6-22(37)15-26(27)33-32-29(44-34(46)20-12-21(35(39,40)41)14-23(38)13-20)16-28-25(31(32)30(17-45)43-33)8-7-24(42-28)10-11-47-18-19-4-2-1-3-5-19/h1-16,33,43H,18H2,(H,44,46)/b11-10+. The third-order valence-corrected chi connectivity index (χ3v) is 7.76. The van der Waals surface area contributed by atoms with E-state index in [0.29, 0.717) is 29.8 Å². The van der Waals surface area contributed by atoms with E-state index in [1.165, 1.54) is 18.4 Å². The number of aromatic nitrogens is 1. The van der Waals surface area contributed by atoms with Crippen LogP contribution in [0.2, 0.25) is 5.02 Å². The number of anilines is 1. The van der Waals surface area contributed by atoms with Gasteiger partial charge in [-0.3, -0.25) is 4.79 Å². The van der Waals surface area contributed by atoms with Gasteiger partial charge in [0.25, 0.3) is 5.91 Å². The lowest BCUT2D eigenvalue weighted by Gasteiger charge is -2.19. The van der Waals surface area contributed by atoms with Gasteiger partial charge in [-0.2, -0.15) is 13.2 Å². The van der Waals surface area contributed by atoms with Gasteiger partial charge >= 0.3 is 6.18 Å². The van der Waals surface area contributed by atoms with Crippen LogP contribution in [0.4, 0.5) is 27.6 Å². The van der Waals surface area contributed by atoms with Crippen LogP contribution in [0.3, 0.4) is 0 Å². The zero-order valence-electron chi connectivity index (χ0n) is 24.0. The molecule has 1 unspecified atom stereocenters. The summed E-state index contributed by atoms with van der Waals surface area (Å²) in [6.07, 6.45) is -1.85. The summed E-state index contributed by atoms with van der Waals surface area (Å²) in [6, 6.07) is 18.4. The molecule has 47 heavy (non-hydrogen) atoms. The van der Waals surface area contributed by atoms with Crippen LogP contribution in [0, 0.1) is 11.6 Å². The first kappa shape index (κ1) is 31.5. The molecule has 2 N–H and O–H groups in total. The largest absolute Gasteiger partial charge is 0.496 e. The van der Waals surface area contributed by atoms with Crippen LogP contribution in [-0.4, -0.2) is 16.8 Å². The van der Waals surface area contributed by atoms with E-state index >= 15 is 0 Å². The monoisotopic (exact) mass is 661 g/mol. The zero-order valence-corrected chi connectivity index (χ0v) is 24.7. The lowest BCUT2D eigenvalue weighted by atomic mass is 9.93. The van der Waals surface area contributed by atoms with Gasteiger partial charge in [-0.25, -0.2) is 18.6 Å². The predicted octanol–water partition coefficient (Wildman–Crippen LogP) is 8.49. The number of carbonyl (C=O) groups excluding carboxylic acids is 2. The Bertz CT molecular complexity index is 2110. The minimum absolute atomic E-state index is 0.00681. The highest BCUT2D eigenvalue weighted by molar-refractivity contribution is 6.31. The summed E-state index contributed by atoms with van der Waals surface area (Å²) in [5.41, 5.74) is 0.391. The molecule has 236 valence electrons. The van der Waals surface area contributed by atoms with Crippen molar-refractivity contribution >= 4 is 51.8 Å². The zero-order chi connectivity index (χ0) is 33.3. The summed E-state index contributed by atoms with van der Waals surface area (Å²) in [7, 11) is 0. The first-order valence-corrected chi connectivity index (χ1v) is 14.4. The fraction of sp³-hybridized carbons (Fsp3) is 0.0857. The second-order valence-electron chi connectivity index (χ2n) is 10.5. The Labute approximate surface area is 269 Å². The molecule has 1 aromatic heterocycles. The molecule has 0 saturated carbocycles. The van der Waals surface area contributed by atoms with Gasteiger partial charge < -0.3 is 15.4 Å². The number of halogens is 6. The summed E-state index contributed by atoms with van der Waals surface area (Å²) in [6.45, 7) is 0.313. The highest BCUT2D eigenvalue weighted by Crippen LogP contribution is 2.46. The van der Waals surface area contributed by atoms with E-state index in [4.69, 9.17) is 16.3 Å². The van der Waals surface area contributed by atoms with Crippen molar-refractivity contribution in [3.05, 3.63) is 147 Å². The number of hydrogen-bond acceptors (Lipinski definition) is 5. The molecule has 5 aromatic rings. The van der Waals surface area contributed by atoms with E-state index in [-0.39, 0.29) is 44.7 Å². The van der Waals surface area contributed by atoms with E-state index in [9.17, 15) is 31.5 Å².